The third kappa shape index (κ3) is 3.94. The molecule has 1 aliphatic rings. The van der Waals surface area contributed by atoms with Gasteiger partial charge in [0, 0.05) is 30.7 Å². The highest BCUT2D eigenvalue weighted by Gasteiger charge is 2.09. The molecule has 0 aliphatic carbocycles. The van der Waals surface area contributed by atoms with Crippen LogP contribution in [0.5, 0.6) is 0 Å². The second-order valence-corrected chi connectivity index (χ2v) is 4.92. The summed E-state index contributed by atoms with van der Waals surface area (Å²) in [5.74, 6) is -0.221. The van der Waals surface area contributed by atoms with Crippen LogP contribution in [0.4, 0.5) is 10.1 Å². The average molecular weight is 303 g/mol. The predicted octanol–water partition coefficient (Wildman–Crippen LogP) is 2.33. The first-order valence-corrected chi connectivity index (χ1v) is 6.54. The molecule has 0 bridgehead atoms. The second kappa shape index (κ2) is 6.33. The highest BCUT2D eigenvalue weighted by atomic mass is 79.9. The first-order chi connectivity index (χ1) is 8.25. The SMILES string of the molecule is Fc1cc(Br)ccc1NCCN1CCOCC1. The van der Waals surface area contributed by atoms with Crippen molar-refractivity contribution >= 4 is 21.6 Å². The van der Waals surface area contributed by atoms with Crippen molar-refractivity contribution in [2.75, 3.05) is 44.7 Å². The lowest BCUT2D eigenvalue weighted by Crippen LogP contribution is -2.39. The molecule has 1 N–H and O–H groups in total. The van der Waals surface area contributed by atoms with Gasteiger partial charge in [-0.15, -0.1) is 0 Å². The number of hydrogen-bond acceptors (Lipinski definition) is 3. The van der Waals surface area contributed by atoms with E-state index in [0.717, 1.165) is 43.9 Å². The summed E-state index contributed by atoms with van der Waals surface area (Å²) in [7, 11) is 0. The Morgan fingerprint density at radius 1 is 1.35 bits per heavy atom. The highest BCUT2D eigenvalue weighted by Crippen LogP contribution is 2.18. The summed E-state index contributed by atoms with van der Waals surface area (Å²) in [6.07, 6.45) is 0. The van der Waals surface area contributed by atoms with Crippen LogP contribution in [0.2, 0.25) is 0 Å². The number of halogens is 2. The van der Waals surface area contributed by atoms with Gasteiger partial charge in [0.15, 0.2) is 0 Å². The Morgan fingerprint density at radius 2 is 2.12 bits per heavy atom. The molecule has 1 aromatic carbocycles. The molecule has 17 heavy (non-hydrogen) atoms. The molecule has 1 aliphatic heterocycles. The van der Waals surface area contributed by atoms with Crippen LogP contribution in [0, 0.1) is 5.82 Å². The number of rotatable bonds is 4. The van der Waals surface area contributed by atoms with E-state index in [-0.39, 0.29) is 5.82 Å². The van der Waals surface area contributed by atoms with Gasteiger partial charge in [0.2, 0.25) is 0 Å². The van der Waals surface area contributed by atoms with Gasteiger partial charge in [0.25, 0.3) is 0 Å². The smallest absolute Gasteiger partial charge is 0.147 e. The van der Waals surface area contributed by atoms with Crippen LogP contribution in [0.1, 0.15) is 0 Å². The summed E-state index contributed by atoms with van der Waals surface area (Å²) in [6, 6.07) is 5.05. The first kappa shape index (κ1) is 12.8. The summed E-state index contributed by atoms with van der Waals surface area (Å²) in [5, 5.41) is 3.11. The number of morpholine rings is 1. The number of hydrogen-bond donors (Lipinski definition) is 1. The Hall–Kier alpha value is -0.650. The largest absolute Gasteiger partial charge is 0.381 e. The number of anilines is 1. The number of nitrogens with one attached hydrogen (secondary N) is 1. The third-order valence-electron chi connectivity index (χ3n) is 2.78. The van der Waals surface area contributed by atoms with Crippen LogP contribution in [-0.2, 0) is 4.74 Å². The van der Waals surface area contributed by atoms with Crippen LogP contribution >= 0.6 is 15.9 Å². The lowest BCUT2D eigenvalue weighted by Gasteiger charge is -2.26. The Bertz CT molecular complexity index is 370. The van der Waals surface area contributed by atoms with E-state index in [9.17, 15) is 4.39 Å². The minimum Gasteiger partial charge on any atom is -0.381 e. The summed E-state index contributed by atoms with van der Waals surface area (Å²) in [6.45, 7) is 5.19. The highest BCUT2D eigenvalue weighted by molar-refractivity contribution is 9.10. The molecule has 2 rings (SSSR count). The molecule has 0 amide bonds. The van der Waals surface area contributed by atoms with Gasteiger partial charge in [0.1, 0.15) is 5.82 Å². The molecule has 3 nitrogen and oxygen atoms in total. The summed E-state index contributed by atoms with van der Waals surface area (Å²) >= 11 is 3.24. The Kier molecular flexibility index (Phi) is 4.76. The van der Waals surface area contributed by atoms with Gasteiger partial charge in [0.05, 0.1) is 18.9 Å². The standard InChI is InChI=1S/C12H16BrFN2O/c13-10-1-2-12(11(14)9-10)15-3-4-16-5-7-17-8-6-16/h1-2,9,15H,3-8H2. The van der Waals surface area contributed by atoms with E-state index < -0.39 is 0 Å². The molecular weight excluding hydrogens is 287 g/mol. The monoisotopic (exact) mass is 302 g/mol. The minimum absolute atomic E-state index is 0.221. The minimum atomic E-state index is -0.221. The molecule has 0 aromatic heterocycles. The van der Waals surface area contributed by atoms with Gasteiger partial charge in [-0.3, -0.25) is 4.90 Å². The van der Waals surface area contributed by atoms with Crippen LogP contribution in [0.25, 0.3) is 0 Å². The number of ether oxygens (including phenoxy) is 1. The maximum atomic E-state index is 13.5. The lowest BCUT2D eigenvalue weighted by molar-refractivity contribution is 0.0398. The van der Waals surface area contributed by atoms with Crippen molar-refractivity contribution in [1.82, 2.24) is 4.90 Å². The Labute approximate surface area is 109 Å². The van der Waals surface area contributed by atoms with E-state index in [4.69, 9.17) is 4.74 Å². The molecular formula is C12H16BrFN2O. The zero-order chi connectivity index (χ0) is 12.1. The van der Waals surface area contributed by atoms with Gasteiger partial charge in [-0.05, 0) is 18.2 Å². The fraction of sp³-hybridized carbons (Fsp3) is 0.500. The molecule has 1 heterocycles. The molecule has 1 fully saturated rings. The van der Waals surface area contributed by atoms with Crippen molar-refractivity contribution in [3.05, 3.63) is 28.5 Å². The Balaban J connectivity index is 1.77. The first-order valence-electron chi connectivity index (χ1n) is 5.75. The molecule has 0 atom stereocenters. The van der Waals surface area contributed by atoms with Gasteiger partial charge in [-0.2, -0.15) is 0 Å². The van der Waals surface area contributed by atoms with Crippen LogP contribution < -0.4 is 5.32 Å². The van der Waals surface area contributed by atoms with Crippen molar-refractivity contribution < 1.29 is 9.13 Å². The molecule has 5 heteroatoms. The third-order valence-corrected chi connectivity index (χ3v) is 3.27. The predicted molar refractivity (Wildman–Crippen MR) is 69.8 cm³/mol. The molecule has 1 aromatic rings. The van der Waals surface area contributed by atoms with Crippen molar-refractivity contribution in [1.29, 1.82) is 0 Å². The van der Waals surface area contributed by atoms with Crippen LogP contribution in [0.3, 0.4) is 0 Å². The molecule has 94 valence electrons. The van der Waals surface area contributed by atoms with E-state index >= 15 is 0 Å². The van der Waals surface area contributed by atoms with Gasteiger partial charge in [-0.25, -0.2) is 4.39 Å². The number of benzene rings is 1. The van der Waals surface area contributed by atoms with E-state index in [1.165, 1.54) is 6.07 Å². The summed E-state index contributed by atoms with van der Waals surface area (Å²) in [4.78, 5) is 2.31. The van der Waals surface area contributed by atoms with Crippen LogP contribution in [0.15, 0.2) is 22.7 Å². The van der Waals surface area contributed by atoms with Crippen LogP contribution in [-0.4, -0.2) is 44.3 Å². The molecule has 0 spiro atoms. The topological polar surface area (TPSA) is 24.5 Å². The maximum Gasteiger partial charge on any atom is 0.147 e. The molecule has 0 radical (unpaired) electrons. The normalized spacial score (nSPS) is 17.1. The summed E-state index contributed by atoms with van der Waals surface area (Å²) < 4.78 is 19.5. The fourth-order valence-corrected chi connectivity index (χ4v) is 2.14. The zero-order valence-electron chi connectivity index (χ0n) is 9.59. The summed E-state index contributed by atoms with van der Waals surface area (Å²) in [5.41, 5.74) is 0.557. The van der Waals surface area contributed by atoms with Gasteiger partial charge >= 0.3 is 0 Å². The number of nitrogens with zero attached hydrogens (tertiary/aromatic N) is 1. The zero-order valence-corrected chi connectivity index (χ0v) is 11.2. The van der Waals surface area contributed by atoms with E-state index in [2.05, 4.69) is 26.1 Å². The van der Waals surface area contributed by atoms with Crippen molar-refractivity contribution in [3.63, 3.8) is 0 Å². The van der Waals surface area contributed by atoms with Crippen molar-refractivity contribution in [3.8, 4) is 0 Å². The van der Waals surface area contributed by atoms with E-state index in [1.54, 1.807) is 6.07 Å². The van der Waals surface area contributed by atoms with Gasteiger partial charge in [-0.1, -0.05) is 15.9 Å². The molecule has 0 saturated carbocycles. The Morgan fingerprint density at radius 3 is 2.82 bits per heavy atom. The lowest BCUT2D eigenvalue weighted by atomic mass is 10.3. The second-order valence-electron chi connectivity index (χ2n) is 4.00. The van der Waals surface area contributed by atoms with Crippen molar-refractivity contribution in [2.45, 2.75) is 0 Å². The quantitative estimate of drug-likeness (QED) is 0.924. The molecule has 0 unspecified atom stereocenters. The average Bonchev–Trinajstić information content (AvgIpc) is 2.33. The van der Waals surface area contributed by atoms with Gasteiger partial charge < -0.3 is 10.1 Å². The van der Waals surface area contributed by atoms with E-state index in [0.29, 0.717) is 5.69 Å². The molecule has 1 saturated heterocycles. The maximum absolute atomic E-state index is 13.5. The van der Waals surface area contributed by atoms with Crippen molar-refractivity contribution in [2.24, 2.45) is 0 Å². The van der Waals surface area contributed by atoms with E-state index in [1.807, 2.05) is 6.07 Å². The fourth-order valence-electron chi connectivity index (χ4n) is 1.81.